The molecule has 1 aromatic carbocycles. The number of rotatable bonds is 5. The molecule has 0 radical (unpaired) electrons. The van der Waals surface area contributed by atoms with Crippen LogP contribution in [-0.4, -0.2) is 6.54 Å². The SMILES string of the molecule is Cc1cc(C)c(C(C)NCC(C)(C)C(C)C)c(C)c1. The second-order valence-corrected chi connectivity index (χ2v) is 7.06. The zero-order valence-corrected chi connectivity index (χ0v) is 14.0. The third-order valence-corrected chi connectivity index (χ3v) is 4.60. The van der Waals surface area contributed by atoms with Gasteiger partial charge in [-0.15, -0.1) is 0 Å². The zero-order chi connectivity index (χ0) is 14.8. The monoisotopic (exact) mass is 261 g/mol. The van der Waals surface area contributed by atoms with Gasteiger partial charge in [0.15, 0.2) is 0 Å². The summed E-state index contributed by atoms with van der Waals surface area (Å²) in [6, 6.07) is 4.99. The molecule has 0 bridgehead atoms. The number of benzene rings is 1. The van der Waals surface area contributed by atoms with Gasteiger partial charge in [-0.1, -0.05) is 45.4 Å². The molecule has 1 aromatic rings. The summed E-state index contributed by atoms with van der Waals surface area (Å²) in [6.45, 7) is 19.2. The van der Waals surface area contributed by atoms with Gasteiger partial charge in [0.25, 0.3) is 0 Å². The predicted molar refractivity (Wildman–Crippen MR) is 85.7 cm³/mol. The van der Waals surface area contributed by atoms with Gasteiger partial charge in [-0.25, -0.2) is 0 Å². The lowest BCUT2D eigenvalue weighted by atomic mass is 9.81. The summed E-state index contributed by atoms with van der Waals surface area (Å²) in [5.41, 5.74) is 5.96. The molecule has 0 aliphatic carbocycles. The fourth-order valence-corrected chi connectivity index (χ4v) is 2.60. The average Bonchev–Trinajstić information content (AvgIpc) is 2.24. The summed E-state index contributed by atoms with van der Waals surface area (Å²) in [5, 5.41) is 3.72. The highest BCUT2D eigenvalue weighted by Gasteiger charge is 2.23. The average molecular weight is 261 g/mol. The van der Waals surface area contributed by atoms with Crippen LogP contribution < -0.4 is 5.32 Å². The van der Waals surface area contributed by atoms with Gasteiger partial charge in [-0.05, 0) is 55.7 Å². The van der Waals surface area contributed by atoms with Crippen LogP contribution in [0.4, 0.5) is 0 Å². The smallest absolute Gasteiger partial charge is 0.0297 e. The number of hydrogen-bond donors (Lipinski definition) is 1. The maximum Gasteiger partial charge on any atom is 0.0297 e. The van der Waals surface area contributed by atoms with Crippen molar-refractivity contribution in [1.29, 1.82) is 0 Å². The Hall–Kier alpha value is -0.820. The molecular weight excluding hydrogens is 230 g/mol. The van der Waals surface area contributed by atoms with Crippen molar-refractivity contribution in [3.05, 3.63) is 34.4 Å². The molecule has 0 fully saturated rings. The molecule has 1 rings (SSSR count). The molecule has 0 aliphatic heterocycles. The van der Waals surface area contributed by atoms with Crippen molar-refractivity contribution in [2.24, 2.45) is 11.3 Å². The second-order valence-electron chi connectivity index (χ2n) is 7.06. The van der Waals surface area contributed by atoms with Crippen molar-refractivity contribution in [2.75, 3.05) is 6.54 Å². The van der Waals surface area contributed by atoms with Crippen LogP contribution in [0.1, 0.15) is 62.9 Å². The molecule has 1 nitrogen and oxygen atoms in total. The van der Waals surface area contributed by atoms with Crippen LogP contribution in [0.3, 0.4) is 0 Å². The van der Waals surface area contributed by atoms with E-state index in [-0.39, 0.29) is 0 Å². The molecule has 1 heteroatoms. The van der Waals surface area contributed by atoms with E-state index in [0.717, 1.165) is 6.54 Å². The third kappa shape index (κ3) is 4.07. The topological polar surface area (TPSA) is 12.0 Å². The maximum atomic E-state index is 3.72. The molecule has 0 amide bonds. The summed E-state index contributed by atoms with van der Waals surface area (Å²) in [5.74, 6) is 0.687. The summed E-state index contributed by atoms with van der Waals surface area (Å²) in [6.07, 6.45) is 0. The van der Waals surface area contributed by atoms with Crippen molar-refractivity contribution >= 4 is 0 Å². The summed E-state index contributed by atoms with van der Waals surface area (Å²) in [7, 11) is 0. The highest BCUT2D eigenvalue weighted by atomic mass is 14.9. The van der Waals surface area contributed by atoms with Gasteiger partial charge < -0.3 is 5.32 Å². The standard InChI is InChI=1S/C18H31N/c1-12(2)18(7,8)11-19-16(6)17-14(4)9-13(3)10-15(17)5/h9-10,12,16,19H,11H2,1-8H3. The molecule has 0 heterocycles. The normalized spacial score (nSPS) is 13.9. The van der Waals surface area contributed by atoms with Crippen molar-refractivity contribution in [2.45, 2.75) is 61.4 Å². The first-order valence-electron chi connectivity index (χ1n) is 7.46. The Kier molecular flexibility index (Phi) is 5.20. The number of nitrogens with one attached hydrogen (secondary N) is 1. The predicted octanol–water partition coefficient (Wildman–Crippen LogP) is 4.94. The minimum Gasteiger partial charge on any atom is -0.310 e. The molecule has 108 valence electrons. The summed E-state index contributed by atoms with van der Waals surface area (Å²) < 4.78 is 0. The zero-order valence-electron chi connectivity index (χ0n) is 14.0. The van der Waals surface area contributed by atoms with Gasteiger partial charge in [0, 0.05) is 12.6 Å². The third-order valence-electron chi connectivity index (χ3n) is 4.60. The van der Waals surface area contributed by atoms with Gasteiger partial charge >= 0.3 is 0 Å². The Morgan fingerprint density at radius 2 is 1.47 bits per heavy atom. The van der Waals surface area contributed by atoms with Crippen LogP contribution in [0.5, 0.6) is 0 Å². The lowest BCUT2D eigenvalue weighted by Crippen LogP contribution is -2.35. The summed E-state index contributed by atoms with van der Waals surface area (Å²) in [4.78, 5) is 0. The van der Waals surface area contributed by atoms with Gasteiger partial charge in [-0.3, -0.25) is 0 Å². The molecule has 0 saturated heterocycles. The quantitative estimate of drug-likeness (QED) is 0.791. The molecule has 19 heavy (non-hydrogen) atoms. The number of hydrogen-bond acceptors (Lipinski definition) is 1. The first kappa shape index (κ1) is 16.2. The molecule has 1 unspecified atom stereocenters. The Morgan fingerprint density at radius 1 is 1.00 bits per heavy atom. The molecule has 0 spiro atoms. The minimum absolute atomic E-state index is 0.334. The first-order chi connectivity index (χ1) is 8.65. The molecule has 1 N–H and O–H groups in total. The van der Waals surface area contributed by atoms with Crippen molar-refractivity contribution in [3.63, 3.8) is 0 Å². The van der Waals surface area contributed by atoms with Gasteiger partial charge in [0.2, 0.25) is 0 Å². The molecule has 1 atom stereocenters. The lowest BCUT2D eigenvalue weighted by molar-refractivity contribution is 0.230. The second kappa shape index (κ2) is 6.09. The lowest BCUT2D eigenvalue weighted by Gasteiger charge is -2.32. The Balaban J connectivity index is 2.82. The van der Waals surface area contributed by atoms with E-state index in [1.165, 1.54) is 22.3 Å². The van der Waals surface area contributed by atoms with E-state index >= 15 is 0 Å². The first-order valence-corrected chi connectivity index (χ1v) is 7.46. The highest BCUT2D eigenvalue weighted by molar-refractivity contribution is 5.39. The van der Waals surface area contributed by atoms with E-state index in [0.29, 0.717) is 17.4 Å². The fraction of sp³-hybridized carbons (Fsp3) is 0.667. The largest absolute Gasteiger partial charge is 0.310 e. The van der Waals surface area contributed by atoms with E-state index in [4.69, 9.17) is 0 Å². The van der Waals surface area contributed by atoms with Crippen LogP contribution in [0.2, 0.25) is 0 Å². The Morgan fingerprint density at radius 3 is 1.89 bits per heavy atom. The molecular formula is C18H31N. The van der Waals surface area contributed by atoms with E-state index in [1.54, 1.807) is 0 Å². The molecule has 0 aliphatic rings. The van der Waals surface area contributed by atoms with E-state index in [9.17, 15) is 0 Å². The van der Waals surface area contributed by atoms with E-state index in [2.05, 4.69) is 72.8 Å². The Bertz CT molecular complexity index is 406. The maximum absolute atomic E-state index is 3.72. The van der Waals surface area contributed by atoms with Crippen LogP contribution in [0.15, 0.2) is 12.1 Å². The van der Waals surface area contributed by atoms with Gasteiger partial charge in [-0.2, -0.15) is 0 Å². The number of aryl methyl sites for hydroxylation is 3. The van der Waals surface area contributed by atoms with Crippen molar-refractivity contribution < 1.29 is 0 Å². The van der Waals surface area contributed by atoms with E-state index < -0.39 is 0 Å². The molecule has 0 aromatic heterocycles. The Labute approximate surface area is 119 Å². The van der Waals surface area contributed by atoms with Crippen LogP contribution in [0.25, 0.3) is 0 Å². The van der Waals surface area contributed by atoms with Crippen molar-refractivity contribution in [1.82, 2.24) is 5.32 Å². The fourth-order valence-electron chi connectivity index (χ4n) is 2.60. The highest BCUT2D eigenvalue weighted by Crippen LogP contribution is 2.28. The van der Waals surface area contributed by atoms with Crippen LogP contribution in [0, 0.1) is 32.1 Å². The van der Waals surface area contributed by atoms with Gasteiger partial charge in [0.1, 0.15) is 0 Å². The van der Waals surface area contributed by atoms with Crippen molar-refractivity contribution in [3.8, 4) is 0 Å². The summed E-state index contributed by atoms with van der Waals surface area (Å²) >= 11 is 0. The van der Waals surface area contributed by atoms with Gasteiger partial charge in [0.05, 0.1) is 0 Å². The minimum atomic E-state index is 0.334. The van der Waals surface area contributed by atoms with E-state index in [1.807, 2.05) is 0 Å². The van der Waals surface area contributed by atoms with Crippen LogP contribution >= 0.6 is 0 Å². The van der Waals surface area contributed by atoms with Crippen LogP contribution in [-0.2, 0) is 0 Å². The molecule has 0 saturated carbocycles.